The average molecular weight is 171 g/mol. The molecule has 0 aliphatic carbocycles. The second kappa shape index (κ2) is 5.68. The van der Waals surface area contributed by atoms with Gasteiger partial charge in [0.05, 0.1) is 6.21 Å². The number of hydrogen-bond donors (Lipinski definition) is 2. The van der Waals surface area contributed by atoms with Crippen molar-refractivity contribution in [1.82, 2.24) is 10.7 Å². The van der Waals surface area contributed by atoms with Gasteiger partial charge in [0.25, 0.3) is 0 Å². The highest BCUT2D eigenvalue weighted by Crippen LogP contribution is 1.76. The number of nitrogens with zero attached hydrogens (tertiary/aromatic N) is 2. The van der Waals surface area contributed by atoms with Crippen LogP contribution in [0.4, 0.5) is 0 Å². The lowest BCUT2D eigenvalue weighted by molar-refractivity contribution is 0.239. The van der Waals surface area contributed by atoms with Crippen LogP contribution in [0, 0.1) is 0 Å². The van der Waals surface area contributed by atoms with Crippen molar-refractivity contribution in [1.29, 1.82) is 0 Å². The van der Waals surface area contributed by atoms with Crippen molar-refractivity contribution in [3.63, 3.8) is 0 Å². The van der Waals surface area contributed by atoms with Crippen LogP contribution in [0.25, 0.3) is 0 Å². The highest BCUT2D eigenvalue weighted by molar-refractivity contribution is 5.85. The van der Waals surface area contributed by atoms with Gasteiger partial charge < -0.3 is 0 Å². The van der Waals surface area contributed by atoms with Gasteiger partial charge in [-0.15, -0.1) is 35.1 Å². The Labute approximate surface area is 65.5 Å². The largest absolute Gasteiger partial charge is 0.275 e. The molecule has 0 bridgehead atoms. The molecule has 0 radical (unpaired) electrons. The molecule has 0 atom stereocenters. The van der Waals surface area contributed by atoms with E-state index in [0.29, 0.717) is 0 Å². The Kier molecular flexibility index (Phi) is 7.17. The second-order valence-electron chi connectivity index (χ2n) is 1.10. The van der Waals surface area contributed by atoms with E-state index in [1.807, 2.05) is 0 Å². The molecule has 3 N–H and O–H groups in total. The molecular formula is C3H8Cl2N4. The number of hydrogen-bond acceptors (Lipinski definition) is 4. The van der Waals surface area contributed by atoms with Crippen molar-refractivity contribution in [3.8, 4) is 0 Å². The summed E-state index contributed by atoms with van der Waals surface area (Å²) >= 11 is 0. The minimum atomic E-state index is 0. The maximum absolute atomic E-state index is 5.11. The van der Waals surface area contributed by atoms with Crippen LogP contribution in [0.1, 0.15) is 0 Å². The van der Waals surface area contributed by atoms with Gasteiger partial charge in [-0.05, 0) is 6.08 Å². The number of nitrogens with one attached hydrogen (secondary N) is 1. The van der Waals surface area contributed by atoms with Crippen molar-refractivity contribution in [2.24, 2.45) is 10.9 Å². The number of hydrazone groups is 1. The van der Waals surface area contributed by atoms with Crippen molar-refractivity contribution in [2.45, 2.75) is 0 Å². The smallest absolute Gasteiger partial charge is 0.0521 e. The number of halogens is 2. The summed E-state index contributed by atoms with van der Waals surface area (Å²) in [6, 6.07) is 0. The van der Waals surface area contributed by atoms with Gasteiger partial charge in [0, 0.05) is 6.20 Å². The van der Waals surface area contributed by atoms with E-state index in [4.69, 9.17) is 5.84 Å². The van der Waals surface area contributed by atoms with Crippen LogP contribution in [0.3, 0.4) is 0 Å². The number of rotatable bonds is 0. The third-order valence-electron chi connectivity index (χ3n) is 0.580. The van der Waals surface area contributed by atoms with Crippen LogP contribution in [-0.4, -0.2) is 11.4 Å². The van der Waals surface area contributed by atoms with Crippen LogP contribution in [0.2, 0.25) is 0 Å². The molecule has 0 aromatic heterocycles. The zero-order valence-corrected chi connectivity index (χ0v) is 6.15. The molecule has 0 saturated heterocycles. The van der Waals surface area contributed by atoms with Gasteiger partial charge in [-0.3, -0.25) is 5.43 Å². The molecule has 0 spiro atoms. The molecule has 9 heavy (non-hydrogen) atoms. The minimum absolute atomic E-state index is 0. The molecule has 4 nitrogen and oxygen atoms in total. The number of allylic oxidation sites excluding steroid dienone is 1. The fraction of sp³-hybridized carbons (Fsp3) is 0. The first-order valence-electron chi connectivity index (χ1n) is 1.90. The fourth-order valence-corrected chi connectivity index (χ4v) is 0.306. The first-order chi connectivity index (χ1) is 3.39. The van der Waals surface area contributed by atoms with Crippen molar-refractivity contribution < 1.29 is 0 Å². The highest BCUT2D eigenvalue weighted by atomic mass is 35.5. The van der Waals surface area contributed by atoms with Gasteiger partial charge in [0.15, 0.2) is 0 Å². The van der Waals surface area contributed by atoms with Crippen LogP contribution < -0.4 is 11.3 Å². The Morgan fingerprint density at radius 1 is 1.44 bits per heavy atom. The third kappa shape index (κ3) is 4.08. The summed E-state index contributed by atoms with van der Waals surface area (Å²) in [5.74, 6) is 5.11. The van der Waals surface area contributed by atoms with E-state index in [-0.39, 0.29) is 24.8 Å². The Morgan fingerprint density at radius 2 is 2.11 bits per heavy atom. The van der Waals surface area contributed by atoms with E-state index in [9.17, 15) is 0 Å². The maximum atomic E-state index is 5.11. The first-order valence-corrected chi connectivity index (χ1v) is 1.90. The Balaban J connectivity index is 0. The van der Waals surface area contributed by atoms with Gasteiger partial charge in [0.1, 0.15) is 0 Å². The summed E-state index contributed by atoms with van der Waals surface area (Å²) in [5.41, 5.74) is 2.61. The number of nitrogens with two attached hydrogens (primary N) is 1. The normalized spacial score (nSPS) is 13.2. The second-order valence-corrected chi connectivity index (χ2v) is 1.10. The summed E-state index contributed by atoms with van der Waals surface area (Å²) < 4.78 is 0. The van der Waals surface area contributed by atoms with Crippen LogP contribution in [0.15, 0.2) is 17.4 Å². The van der Waals surface area contributed by atoms with Crippen LogP contribution >= 0.6 is 24.8 Å². The molecule has 1 heterocycles. The van der Waals surface area contributed by atoms with Gasteiger partial charge >= 0.3 is 0 Å². The molecule has 0 unspecified atom stereocenters. The summed E-state index contributed by atoms with van der Waals surface area (Å²) in [7, 11) is 0. The van der Waals surface area contributed by atoms with E-state index < -0.39 is 0 Å². The molecule has 1 rings (SSSR count). The standard InChI is InChI=1S/C3H6N4.2ClH/c4-7-5-2-1-3-6-7;;/h1-3,5H,4H2;2*1H. The van der Waals surface area contributed by atoms with Crippen molar-refractivity contribution in [2.75, 3.05) is 0 Å². The highest BCUT2D eigenvalue weighted by Gasteiger charge is 1.85. The third-order valence-corrected chi connectivity index (χ3v) is 0.580. The molecule has 1 aliphatic heterocycles. The quantitative estimate of drug-likeness (QED) is 0.505. The zero-order valence-electron chi connectivity index (χ0n) is 4.52. The van der Waals surface area contributed by atoms with Crippen LogP contribution in [0.5, 0.6) is 0 Å². The summed E-state index contributed by atoms with van der Waals surface area (Å²) in [6.07, 6.45) is 5.03. The van der Waals surface area contributed by atoms with Crippen molar-refractivity contribution >= 4 is 31.0 Å². The van der Waals surface area contributed by atoms with Crippen LogP contribution in [-0.2, 0) is 0 Å². The zero-order chi connectivity index (χ0) is 5.11. The van der Waals surface area contributed by atoms with E-state index in [1.54, 1.807) is 18.5 Å². The van der Waals surface area contributed by atoms with E-state index in [1.165, 1.54) is 0 Å². The topological polar surface area (TPSA) is 53.6 Å². The fourth-order valence-electron chi connectivity index (χ4n) is 0.306. The molecular weight excluding hydrogens is 163 g/mol. The Morgan fingerprint density at radius 3 is 2.33 bits per heavy atom. The minimum Gasteiger partial charge on any atom is -0.275 e. The van der Waals surface area contributed by atoms with E-state index in [2.05, 4.69) is 10.5 Å². The van der Waals surface area contributed by atoms with Gasteiger partial charge in [-0.25, -0.2) is 5.84 Å². The molecule has 0 fully saturated rings. The average Bonchev–Trinajstić information content (AvgIpc) is 1.69. The van der Waals surface area contributed by atoms with E-state index >= 15 is 0 Å². The molecule has 54 valence electrons. The molecule has 1 aliphatic rings. The maximum Gasteiger partial charge on any atom is 0.0521 e. The summed E-state index contributed by atoms with van der Waals surface area (Å²) in [4.78, 5) is 0. The predicted octanol–water partition coefficient (Wildman–Crippen LogP) is 0.0234. The first kappa shape index (κ1) is 11.4. The Bertz CT molecular complexity index is 112. The number of hydrazine groups is 2. The van der Waals surface area contributed by atoms with E-state index in [0.717, 1.165) is 5.23 Å². The predicted molar refractivity (Wildman–Crippen MR) is 41.3 cm³/mol. The van der Waals surface area contributed by atoms with Gasteiger partial charge in [-0.2, -0.15) is 0 Å². The Hall–Kier alpha value is -0.450. The van der Waals surface area contributed by atoms with Gasteiger partial charge in [-0.1, -0.05) is 0 Å². The van der Waals surface area contributed by atoms with Crippen molar-refractivity contribution in [3.05, 3.63) is 12.3 Å². The molecule has 6 heteroatoms. The lowest BCUT2D eigenvalue weighted by Gasteiger charge is -2.11. The summed E-state index contributed by atoms with van der Waals surface area (Å²) in [5, 5.41) is 4.74. The molecule has 0 aromatic rings. The van der Waals surface area contributed by atoms with Gasteiger partial charge in [0.2, 0.25) is 0 Å². The summed E-state index contributed by atoms with van der Waals surface area (Å²) in [6.45, 7) is 0. The molecule has 0 saturated carbocycles. The molecule has 0 aromatic carbocycles. The lowest BCUT2D eigenvalue weighted by Crippen LogP contribution is -2.37. The SMILES string of the molecule is Cl.Cl.NN1N=CC=CN1. The lowest BCUT2D eigenvalue weighted by atomic mass is 10.7. The monoisotopic (exact) mass is 170 g/mol. The molecule has 0 amide bonds.